The molecule has 1 atom stereocenters. The highest BCUT2D eigenvalue weighted by molar-refractivity contribution is 6.03. The molecule has 0 aromatic heterocycles. The minimum Gasteiger partial charge on any atom is -0.455 e. The van der Waals surface area contributed by atoms with Crippen molar-refractivity contribution in [1.82, 2.24) is 9.80 Å². The van der Waals surface area contributed by atoms with Gasteiger partial charge in [0.25, 0.3) is 0 Å². The van der Waals surface area contributed by atoms with Gasteiger partial charge in [0.05, 0.1) is 18.4 Å². The van der Waals surface area contributed by atoms with Crippen molar-refractivity contribution in [3.05, 3.63) is 83.4 Å². The smallest absolute Gasteiger partial charge is 0.323 e. The van der Waals surface area contributed by atoms with Gasteiger partial charge in [-0.2, -0.15) is 0 Å². The number of nitrogens with one attached hydrogen (secondary N) is 2. The van der Waals surface area contributed by atoms with E-state index in [1.54, 1.807) is 18.2 Å². The molecule has 2 fully saturated rings. The molecule has 198 valence electrons. The van der Waals surface area contributed by atoms with Crippen LogP contribution in [0, 0.1) is 13.8 Å². The van der Waals surface area contributed by atoms with Crippen LogP contribution in [0.25, 0.3) is 0 Å². The molecule has 0 bridgehead atoms. The number of hydrogen-bond donors (Lipinski definition) is 2. The Balaban J connectivity index is 1.36. The highest BCUT2D eigenvalue weighted by Gasteiger charge is 2.32. The molecule has 2 amide bonds. The van der Waals surface area contributed by atoms with Crippen LogP contribution in [-0.4, -0.2) is 54.0 Å². The van der Waals surface area contributed by atoms with Crippen molar-refractivity contribution in [3.8, 4) is 11.5 Å². The third kappa shape index (κ3) is 6.23. The molecule has 5 rings (SSSR count). The first-order valence-corrected chi connectivity index (χ1v) is 13.5. The molecule has 38 heavy (non-hydrogen) atoms. The number of ketones is 1. The monoisotopic (exact) mass is 512 g/mol. The molecule has 0 spiro atoms. The SMILES string of the molecule is Cc1ccc(Oc2ccc(C(=O)CN3CCCC3N3CCCC3)cc2NC(=O)Nc2ccccc2)cc1C. The summed E-state index contributed by atoms with van der Waals surface area (Å²) in [5.41, 5.74) is 3.97. The van der Waals surface area contributed by atoms with Gasteiger partial charge in [-0.1, -0.05) is 24.3 Å². The summed E-state index contributed by atoms with van der Waals surface area (Å²) in [4.78, 5) is 31.1. The Bertz CT molecular complexity index is 1290. The zero-order chi connectivity index (χ0) is 26.5. The van der Waals surface area contributed by atoms with E-state index in [0.29, 0.717) is 41.1 Å². The minimum absolute atomic E-state index is 0.0420. The van der Waals surface area contributed by atoms with E-state index in [-0.39, 0.29) is 5.78 Å². The highest BCUT2D eigenvalue weighted by atomic mass is 16.5. The summed E-state index contributed by atoms with van der Waals surface area (Å²) in [6.07, 6.45) is 5.05. The number of rotatable bonds is 8. The van der Waals surface area contributed by atoms with Crippen molar-refractivity contribution in [2.45, 2.75) is 45.7 Å². The molecule has 2 saturated heterocycles. The second-order valence-electron chi connectivity index (χ2n) is 10.3. The molecule has 3 aromatic rings. The standard InChI is InChI=1S/C31H36N4O3/c1-22-12-14-26(19-23(22)2)38-29-15-13-24(20-27(29)33-31(37)32-25-9-4-3-5-10-25)28(36)21-35-18-8-11-30(35)34-16-6-7-17-34/h3-5,9-10,12-15,19-20,30H,6-8,11,16-18,21H2,1-2H3,(H2,32,33,37). The van der Waals surface area contributed by atoms with Gasteiger partial charge in [0.1, 0.15) is 5.75 Å². The highest BCUT2D eigenvalue weighted by Crippen LogP contribution is 2.32. The van der Waals surface area contributed by atoms with Gasteiger partial charge in [-0.3, -0.25) is 14.6 Å². The third-order valence-electron chi connectivity index (χ3n) is 7.53. The van der Waals surface area contributed by atoms with Crippen LogP contribution in [0.4, 0.5) is 16.2 Å². The molecule has 2 N–H and O–H groups in total. The number of carbonyl (C=O) groups excluding carboxylic acids is 2. The van der Waals surface area contributed by atoms with E-state index in [2.05, 4.69) is 27.4 Å². The van der Waals surface area contributed by atoms with Crippen LogP contribution in [-0.2, 0) is 0 Å². The van der Waals surface area contributed by atoms with E-state index in [0.717, 1.165) is 38.0 Å². The maximum absolute atomic E-state index is 13.4. The lowest BCUT2D eigenvalue weighted by molar-refractivity contribution is 0.0739. The van der Waals surface area contributed by atoms with Crippen LogP contribution in [0.3, 0.4) is 0 Å². The van der Waals surface area contributed by atoms with Gasteiger partial charge in [-0.05, 0) is 106 Å². The van der Waals surface area contributed by atoms with Crippen molar-refractivity contribution in [3.63, 3.8) is 0 Å². The molecule has 3 aromatic carbocycles. The summed E-state index contributed by atoms with van der Waals surface area (Å²) < 4.78 is 6.18. The molecule has 0 aliphatic carbocycles. The number of amides is 2. The minimum atomic E-state index is -0.403. The van der Waals surface area contributed by atoms with Gasteiger partial charge in [-0.25, -0.2) is 4.79 Å². The topological polar surface area (TPSA) is 73.9 Å². The zero-order valence-corrected chi connectivity index (χ0v) is 22.2. The Kier molecular flexibility index (Phi) is 8.05. The first kappa shape index (κ1) is 25.9. The van der Waals surface area contributed by atoms with E-state index in [4.69, 9.17) is 4.74 Å². The van der Waals surface area contributed by atoms with Gasteiger partial charge in [0.15, 0.2) is 11.5 Å². The summed E-state index contributed by atoms with van der Waals surface area (Å²) >= 11 is 0. The van der Waals surface area contributed by atoms with Crippen LogP contribution in [0.1, 0.15) is 47.2 Å². The molecule has 0 radical (unpaired) electrons. The lowest BCUT2D eigenvalue weighted by Crippen LogP contribution is -2.45. The number of likely N-dealkylation sites (tertiary alicyclic amines) is 2. The van der Waals surface area contributed by atoms with Crippen molar-refractivity contribution < 1.29 is 14.3 Å². The molecule has 1 unspecified atom stereocenters. The summed E-state index contributed by atoms with van der Waals surface area (Å²) in [5, 5.41) is 5.74. The Labute approximate surface area is 224 Å². The maximum atomic E-state index is 13.4. The molecule has 0 saturated carbocycles. The Hall–Kier alpha value is -3.68. The van der Waals surface area contributed by atoms with Crippen LogP contribution in [0.15, 0.2) is 66.7 Å². The number of Topliss-reactive ketones (excluding diaryl/α,β-unsaturated/α-hetero) is 1. The molecular formula is C31H36N4O3. The third-order valence-corrected chi connectivity index (χ3v) is 7.53. The lowest BCUT2D eigenvalue weighted by Gasteiger charge is -2.31. The first-order valence-electron chi connectivity index (χ1n) is 13.5. The predicted molar refractivity (Wildman–Crippen MR) is 151 cm³/mol. The second-order valence-corrected chi connectivity index (χ2v) is 10.3. The number of para-hydroxylation sites is 1. The van der Waals surface area contributed by atoms with Crippen molar-refractivity contribution in [1.29, 1.82) is 0 Å². The first-order chi connectivity index (χ1) is 18.5. The van der Waals surface area contributed by atoms with Gasteiger partial charge in [0.2, 0.25) is 0 Å². The maximum Gasteiger partial charge on any atom is 0.323 e. The molecule has 2 aliphatic rings. The second kappa shape index (κ2) is 11.8. The van der Waals surface area contributed by atoms with Crippen LogP contribution < -0.4 is 15.4 Å². The summed E-state index contributed by atoms with van der Waals surface area (Å²) in [6, 6.07) is 20.0. The number of hydrogen-bond acceptors (Lipinski definition) is 5. The van der Waals surface area contributed by atoms with Gasteiger partial charge < -0.3 is 15.4 Å². The van der Waals surface area contributed by atoms with E-state index >= 15 is 0 Å². The van der Waals surface area contributed by atoms with E-state index < -0.39 is 6.03 Å². The van der Waals surface area contributed by atoms with Crippen LogP contribution in [0.5, 0.6) is 11.5 Å². The molecular weight excluding hydrogens is 476 g/mol. The number of aryl methyl sites for hydroxylation is 2. The summed E-state index contributed by atoms with van der Waals surface area (Å²) in [5.74, 6) is 1.19. The largest absolute Gasteiger partial charge is 0.455 e. The van der Waals surface area contributed by atoms with Crippen molar-refractivity contribution in [2.75, 3.05) is 36.8 Å². The fourth-order valence-electron chi connectivity index (χ4n) is 5.32. The Morgan fingerprint density at radius 3 is 2.42 bits per heavy atom. The fraction of sp³-hybridized carbons (Fsp3) is 0.355. The normalized spacial score (nSPS) is 17.9. The number of carbonyl (C=O) groups is 2. The van der Waals surface area contributed by atoms with E-state index in [1.165, 1.54) is 18.4 Å². The number of nitrogens with zero attached hydrogens (tertiary/aromatic N) is 2. The van der Waals surface area contributed by atoms with E-state index in [1.807, 2.05) is 55.5 Å². The molecule has 7 nitrogen and oxygen atoms in total. The lowest BCUT2D eigenvalue weighted by atomic mass is 10.1. The average Bonchev–Trinajstić information content (AvgIpc) is 3.60. The van der Waals surface area contributed by atoms with Gasteiger partial charge in [-0.15, -0.1) is 0 Å². The number of urea groups is 1. The predicted octanol–water partition coefficient (Wildman–Crippen LogP) is 6.44. The zero-order valence-electron chi connectivity index (χ0n) is 22.2. The van der Waals surface area contributed by atoms with Gasteiger partial charge in [0, 0.05) is 17.8 Å². The molecule has 2 heterocycles. The molecule has 2 aliphatic heterocycles. The molecule has 7 heteroatoms. The van der Waals surface area contributed by atoms with Crippen molar-refractivity contribution in [2.24, 2.45) is 0 Å². The number of ether oxygens (including phenoxy) is 1. The van der Waals surface area contributed by atoms with E-state index in [9.17, 15) is 9.59 Å². The number of benzene rings is 3. The summed E-state index contributed by atoms with van der Waals surface area (Å²) in [6.45, 7) is 7.62. The summed E-state index contributed by atoms with van der Waals surface area (Å²) in [7, 11) is 0. The van der Waals surface area contributed by atoms with Gasteiger partial charge >= 0.3 is 6.03 Å². The van der Waals surface area contributed by atoms with Crippen LogP contribution in [0.2, 0.25) is 0 Å². The Morgan fingerprint density at radius 2 is 1.66 bits per heavy atom. The van der Waals surface area contributed by atoms with Crippen molar-refractivity contribution >= 4 is 23.2 Å². The quantitative estimate of drug-likeness (QED) is 0.340. The fourth-order valence-corrected chi connectivity index (χ4v) is 5.32. The average molecular weight is 513 g/mol. The Morgan fingerprint density at radius 1 is 0.868 bits per heavy atom. The number of anilines is 2. The van der Waals surface area contributed by atoms with Crippen LogP contribution >= 0.6 is 0 Å².